The summed E-state index contributed by atoms with van der Waals surface area (Å²) in [7, 11) is -3.57. The maximum Gasteiger partial charge on any atom is 0.277 e. The fourth-order valence-corrected chi connectivity index (χ4v) is 7.43. The molecule has 2 amide bonds. The van der Waals surface area contributed by atoms with Crippen LogP contribution in [0.2, 0.25) is 0 Å². The highest BCUT2D eigenvalue weighted by molar-refractivity contribution is 7.88. The van der Waals surface area contributed by atoms with Gasteiger partial charge in [0.1, 0.15) is 17.4 Å². The summed E-state index contributed by atoms with van der Waals surface area (Å²) in [5, 5.41) is 13.7. The second kappa shape index (κ2) is 9.57. The number of aromatic nitrogens is 1. The predicted molar refractivity (Wildman–Crippen MR) is 141 cm³/mol. The Morgan fingerprint density at radius 1 is 1.24 bits per heavy atom. The van der Waals surface area contributed by atoms with Crippen molar-refractivity contribution in [1.29, 1.82) is 0 Å². The van der Waals surface area contributed by atoms with Gasteiger partial charge < -0.3 is 15.3 Å². The molecule has 1 aromatic heterocycles. The first-order valence-corrected chi connectivity index (χ1v) is 15.1. The summed E-state index contributed by atoms with van der Waals surface area (Å²) in [6, 6.07) is 6.21. The normalized spacial score (nSPS) is 28.9. The van der Waals surface area contributed by atoms with Crippen molar-refractivity contribution in [2.75, 3.05) is 19.3 Å². The van der Waals surface area contributed by atoms with Gasteiger partial charge in [0.25, 0.3) is 5.91 Å². The van der Waals surface area contributed by atoms with Crippen molar-refractivity contribution in [3.63, 3.8) is 0 Å². The molecule has 0 unspecified atom stereocenters. The maximum absolute atomic E-state index is 13.6. The maximum atomic E-state index is 13.6. The van der Waals surface area contributed by atoms with Crippen LogP contribution in [-0.2, 0) is 25.2 Å². The molecule has 3 aliphatic heterocycles. The number of likely N-dealkylation sites (tertiary alicyclic amines) is 1. The van der Waals surface area contributed by atoms with E-state index in [1.165, 1.54) is 9.21 Å². The lowest BCUT2D eigenvalue weighted by Crippen LogP contribution is -2.56. The van der Waals surface area contributed by atoms with Crippen LogP contribution < -0.4 is 5.32 Å². The van der Waals surface area contributed by atoms with E-state index in [1.807, 2.05) is 31.2 Å². The van der Waals surface area contributed by atoms with Crippen molar-refractivity contribution in [2.24, 2.45) is 4.99 Å². The molecule has 2 fully saturated rings. The van der Waals surface area contributed by atoms with Gasteiger partial charge in [-0.2, -0.15) is 9.30 Å². The van der Waals surface area contributed by atoms with E-state index >= 15 is 0 Å². The fraction of sp³-hybridized carbons (Fsp3) is 0.520. The first-order valence-electron chi connectivity index (χ1n) is 12.4. The molecule has 1 aromatic carbocycles. The number of amides is 2. The zero-order valence-corrected chi connectivity index (χ0v) is 22.7. The molecule has 2 N–H and O–H groups in total. The summed E-state index contributed by atoms with van der Waals surface area (Å²) in [5.74, 6) is -0.420. The van der Waals surface area contributed by atoms with Crippen molar-refractivity contribution in [3.8, 4) is 10.4 Å². The Hall–Kier alpha value is -2.67. The quantitative estimate of drug-likeness (QED) is 0.584. The molecule has 0 saturated carbocycles. The number of aliphatic imine (C=N–C) groups is 1. The number of nitrogens with zero attached hydrogens (tertiary/aromatic N) is 4. The summed E-state index contributed by atoms with van der Waals surface area (Å²) in [6.45, 7) is 4.06. The zero-order valence-electron chi connectivity index (χ0n) is 21.0. The lowest BCUT2D eigenvalue weighted by molar-refractivity contribution is -0.136. The second-order valence-electron chi connectivity index (χ2n) is 10.2. The van der Waals surface area contributed by atoms with Crippen LogP contribution in [0.5, 0.6) is 0 Å². The van der Waals surface area contributed by atoms with Gasteiger partial charge in [-0.15, -0.1) is 11.3 Å². The fourth-order valence-electron chi connectivity index (χ4n) is 5.50. The van der Waals surface area contributed by atoms with Crippen LogP contribution in [0, 0.1) is 6.92 Å². The monoisotopic (exact) mass is 545 g/mol. The van der Waals surface area contributed by atoms with Crippen LogP contribution >= 0.6 is 11.3 Å². The predicted octanol–water partition coefficient (Wildman–Crippen LogP) is 1.64. The Bertz CT molecular complexity index is 1360. The zero-order chi connectivity index (χ0) is 26.5. The van der Waals surface area contributed by atoms with E-state index in [0.29, 0.717) is 25.2 Å². The van der Waals surface area contributed by atoms with Gasteiger partial charge >= 0.3 is 0 Å². The van der Waals surface area contributed by atoms with Gasteiger partial charge in [0.15, 0.2) is 0 Å². The van der Waals surface area contributed by atoms with Crippen molar-refractivity contribution in [3.05, 3.63) is 41.0 Å². The minimum atomic E-state index is -3.57. The number of thiazole rings is 1. The van der Waals surface area contributed by atoms with Gasteiger partial charge in [0.05, 0.1) is 34.5 Å². The van der Waals surface area contributed by atoms with E-state index < -0.39 is 33.7 Å². The number of benzene rings is 1. The average molecular weight is 546 g/mol. The summed E-state index contributed by atoms with van der Waals surface area (Å²) < 4.78 is 25.9. The lowest BCUT2D eigenvalue weighted by atomic mass is 9.91. The van der Waals surface area contributed by atoms with Gasteiger partial charge in [0, 0.05) is 19.5 Å². The van der Waals surface area contributed by atoms with E-state index in [4.69, 9.17) is 0 Å². The third-order valence-electron chi connectivity index (χ3n) is 7.54. The Morgan fingerprint density at radius 3 is 2.62 bits per heavy atom. The summed E-state index contributed by atoms with van der Waals surface area (Å²) in [5.41, 5.74) is 3.36. The van der Waals surface area contributed by atoms with Crippen LogP contribution in [0.15, 0.2) is 34.8 Å². The van der Waals surface area contributed by atoms with Gasteiger partial charge in [-0.25, -0.2) is 13.4 Å². The molecule has 0 bridgehead atoms. The topological polar surface area (TPSA) is 132 Å². The smallest absolute Gasteiger partial charge is 0.277 e. The third-order valence-corrected chi connectivity index (χ3v) is 9.81. The van der Waals surface area contributed by atoms with E-state index in [0.717, 1.165) is 34.4 Å². The molecule has 3 aliphatic rings. The number of carbonyl (C=O) groups excluding carboxylic acids is 2. The number of hydrogen-bond donors (Lipinski definition) is 2. The molecular weight excluding hydrogens is 514 g/mol. The Balaban J connectivity index is 1.38. The molecule has 2 saturated heterocycles. The Kier molecular flexibility index (Phi) is 6.71. The average Bonchev–Trinajstić information content (AvgIpc) is 3.55. The van der Waals surface area contributed by atoms with Crippen molar-refractivity contribution < 1.29 is 23.1 Å². The number of aliphatic hydroxyl groups excluding tert-OH is 1. The van der Waals surface area contributed by atoms with Crippen LogP contribution in [0.25, 0.3) is 10.4 Å². The number of carbonyl (C=O) groups is 2. The minimum Gasteiger partial charge on any atom is -0.391 e. The molecule has 4 atom stereocenters. The first kappa shape index (κ1) is 26.0. The summed E-state index contributed by atoms with van der Waals surface area (Å²) >= 11 is 1.56. The molecule has 4 heterocycles. The second-order valence-corrected chi connectivity index (χ2v) is 13.0. The van der Waals surface area contributed by atoms with E-state index in [2.05, 4.69) is 15.3 Å². The Labute approximate surface area is 220 Å². The molecule has 0 spiro atoms. The molecule has 5 rings (SSSR count). The largest absolute Gasteiger partial charge is 0.391 e. The molecular formula is C25H31N5O5S2. The molecule has 12 heteroatoms. The van der Waals surface area contributed by atoms with Crippen LogP contribution in [0.3, 0.4) is 0 Å². The first-order chi connectivity index (χ1) is 17.5. The molecule has 37 heavy (non-hydrogen) atoms. The van der Waals surface area contributed by atoms with Gasteiger partial charge in [0.2, 0.25) is 15.9 Å². The number of nitrogens with one attached hydrogen (secondary N) is 1. The van der Waals surface area contributed by atoms with Crippen molar-refractivity contribution in [1.82, 2.24) is 19.5 Å². The number of amidine groups is 1. The lowest BCUT2D eigenvalue weighted by Gasteiger charge is -2.37. The number of rotatable bonds is 5. The van der Waals surface area contributed by atoms with Gasteiger partial charge in [-0.1, -0.05) is 30.7 Å². The van der Waals surface area contributed by atoms with Crippen LogP contribution in [0.4, 0.5) is 0 Å². The molecule has 0 radical (unpaired) electrons. The number of aryl methyl sites for hydroxylation is 1. The molecule has 0 aliphatic carbocycles. The number of sulfonamides is 1. The molecule has 2 aromatic rings. The highest BCUT2D eigenvalue weighted by Crippen LogP contribution is 2.34. The van der Waals surface area contributed by atoms with E-state index in [9.17, 15) is 23.1 Å². The molecule has 198 valence electrons. The number of hydrogen-bond acceptors (Lipinski definition) is 8. The summed E-state index contributed by atoms with van der Waals surface area (Å²) in [4.78, 5) is 37.9. The highest BCUT2D eigenvalue weighted by atomic mass is 32.2. The van der Waals surface area contributed by atoms with Crippen LogP contribution in [-0.4, -0.2) is 82.9 Å². The SMILES string of the molecule is Cc1ncsc1-c1ccc([C@]2(C)NC([C@@H]3C[C@@H](O)CN3C(=O)[C@@H]3CCCCN3S(C)(=O)=O)=NC2=O)cc1. The number of β-amino-alcohol motifs (C(OH)–C–C–N with tert-alkyl or cyclic N) is 1. The van der Waals surface area contributed by atoms with Gasteiger partial charge in [-0.05, 0) is 37.8 Å². The van der Waals surface area contributed by atoms with Crippen molar-refractivity contribution >= 4 is 39.0 Å². The highest BCUT2D eigenvalue weighted by Gasteiger charge is 2.49. The summed E-state index contributed by atoms with van der Waals surface area (Å²) in [6.07, 6.45) is 2.41. The van der Waals surface area contributed by atoms with Crippen molar-refractivity contribution in [2.45, 2.75) is 63.3 Å². The van der Waals surface area contributed by atoms with Crippen LogP contribution in [0.1, 0.15) is 43.9 Å². The number of aliphatic hydroxyl groups is 1. The molecule has 10 nitrogen and oxygen atoms in total. The van der Waals surface area contributed by atoms with Gasteiger partial charge in [-0.3, -0.25) is 9.59 Å². The standard InChI is InChI=1S/C25H31N5O5S2/c1-15-21(36-14-26-15)16-7-9-17(10-8-16)25(2)24(33)27-22(28-25)20-12-18(31)13-29(20)23(32)19-6-4-5-11-30(19)37(3,34)35/h7-10,14,18-20,31H,4-6,11-13H2,1-3H3,(H,27,28,33)/t18-,19+,20+,25+/m1/s1. The Morgan fingerprint density at radius 2 is 1.97 bits per heavy atom. The minimum absolute atomic E-state index is 0.0616. The van der Waals surface area contributed by atoms with E-state index in [1.54, 1.807) is 23.8 Å². The number of piperidine rings is 1. The third kappa shape index (κ3) is 4.71. The van der Waals surface area contributed by atoms with E-state index in [-0.39, 0.29) is 24.8 Å².